The first-order valence-corrected chi connectivity index (χ1v) is 10.1. The smallest absolute Gasteiger partial charge is 0.326 e. The van der Waals surface area contributed by atoms with Crippen LogP contribution in [0.3, 0.4) is 0 Å². The first-order chi connectivity index (χ1) is 15.0. The predicted octanol–water partition coefficient (Wildman–Crippen LogP) is 0.939. The number of H-pyrrole nitrogens is 2. The van der Waals surface area contributed by atoms with Crippen molar-refractivity contribution in [3.05, 3.63) is 68.7 Å². The van der Waals surface area contributed by atoms with Crippen molar-refractivity contribution in [2.75, 3.05) is 5.32 Å². The quantitative estimate of drug-likeness (QED) is 0.381. The molecule has 1 fully saturated rings. The highest BCUT2D eigenvalue weighted by atomic mass is 16.3. The molecular formula is C21H22N8O2. The van der Waals surface area contributed by atoms with Gasteiger partial charge in [-0.1, -0.05) is 6.07 Å². The molecule has 158 valence electrons. The maximum atomic E-state index is 11.5. The number of aryl methyl sites for hydroxylation is 1. The number of pyridine rings is 1. The standard InChI is InChI=1S/C21H22N8O2/c1-11-3-6-15(22-9-11)12(2)24-17-8-18(25-14-4-5-14)29-19(27-17)13(10-23-29)7-16-20(30)28-21(31)26-16/h3,6-10,12,14,24,30H,4-5H2,1-2H3,(H2,26,28,31)/b13-7+,25-18?. The largest absolute Gasteiger partial charge is 0.493 e. The number of aromatic amines is 2. The summed E-state index contributed by atoms with van der Waals surface area (Å²) in [6.07, 6.45) is 7.22. The Bertz CT molecular complexity index is 1430. The molecule has 0 aromatic carbocycles. The van der Waals surface area contributed by atoms with Crippen molar-refractivity contribution in [2.24, 2.45) is 4.99 Å². The van der Waals surface area contributed by atoms with Gasteiger partial charge in [-0.3, -0.25) is 15.0 Å². The number of nitrogens with one attached hydrogen (secondary N) is 3. The first kappa shape index (κ1) is 19.0. The van der Waals surface area contributed by atoms with E-state index < -0.39 is 5.69 Å². The monoisotopic (exact) mass is 418 g/mol. The van der Waals surface area contributed by atoms with E-state index in [1.54, 1.807) is 16.8 Å². The summed E-state index contributed by atoms with van der Waals surface area (Å²) < 4.78 is 1.67. The first-order valence-electron chi connectivity index (χ1n) is 10.1. The van der Waals surface area contributed by atoms with E-state index in [-0.39, 0.29) is 17.6 Å². The molecule has 4 N–H and O–H groups in total. The molecule has 10 heteroatoms. The number of nitrogens with zero attached hydrogens (tertiary/aromatic N) is 5. The second-order valence-corrected chi connectivity index (χ2v) is 7.81. The van der Waals surface area contributed by atoms with Gasteiger partial charge in [0.2, 0.25) is 5.88 Å². The van der Waals surface area contributed by atoms with Crippen LogP contribution in [0.15, 0.2) is 40.4 Å². The van der Waals surface area contributed by atoms with E-state index in [2.05, 4.69) is 25.4 Å². The Hall–Kier alpha value is -3.95. The lowest BCUT2D eigenvalue weighted by Crippen LogP contribution is -2.21. The molecule has 1 unspecified atom stereocenters. The van der Waals surface area contributed by atoms with E-state index in [0.29, 0.717) is 28.2 Å². The molecule has 0 saturated heterocycles. The van der Waals surface area contributed by atoms with Gasteiger partial charge in [-0.05, 0) is 44.4 Å². The summed E-state index contributed by atoms with van der Waals surface area (Å²) >= 11 is 0. The molecule has 4 aromatic rings. The van der Waals surface area contributed by atoms with E-state index >= 15 is 0 Å². The van der Waals surface area contributed by atoms with Gasteiger partial charge in [0.05, 0.1) is 24.0 Å². The minimum atomic E-state index is -0.487. The van der Waals surface area contributed by atoms with Crippen LogP contribution in [0.1, 0.15) is 42.8 Å². The van der Waals surface area contributed by atoms with Crippen LogP contribution in [0.25, 0.3) is 11.7 Å². The van der Waals surface area contributed by atoms with Crippen LogP contribution in [0.2, 0.25) is 0 Å². The van der Waals surface area contributed by atoms with Gasteiger partial charge in [-0.15, -0.1) is 0 Å². The Labute approximate surface area is 176 Å². The summed E-state index contributed by atoms with van der Waals surface area (Å²) in [6, 6.07) is 6.13. The Morgan fingerprint density at radius 1 is 1.32 bits per heavy atom. The lowest BCUT2D eigenvalue weighted by Gasteiger charge is -2.14. The van der Waals surface area contributed by atoms with Crippen molar-refractivity contribution >= 4 is 17.5 Å². The van der Waals surface area contributed by atoms with Crippen molar-refractivity contribution in [3.8, 4) is 5.88 Å². The molecule has 0 aliphatic heterocycles. The maximum absolute atomic E-state index is 11.5. The molecular weight excluding hydrogens is 396 g/mol. The summed E-state index contributed by atoms with van der Waals surface area (Å²) in [6.45, 7) is 4.02. The Morgan fingerprint density at radius 3 is 2.84 bits per heavy atom. The molecule has 0 bridgehead atoms. The van der Waals surface area contributed by atoms with Crippen LogP contribution in [0.5, 0.6) is 5.88 Å². The van der Waals surface area contributed by atoms with Gasteiger partial charge in [0.1, 0.15) is 11.5 Å². The average Bonchev–Trinajstić information content (AvgIpc) is 3.37. The van der Waals surface area contributed by atoms with Crippen molar-refractivity contribution in [1.82, 2.24) is 29.5 Å². The van der Waals surface area contributed by atoms with E-state index in [1.165, 1.54) is 0 Å². The van der Waals surface area contributed by atoms with Gasteiger partial charge >= 0.3 is 5.69 Å². The van der Waals surface area contributed by atoms with Crippen molar-refractivity contribution in [2.45, 2.75) is 38.8 Å². The van der Waals surface area contributed by atoms with E-state index in [4.69, 9.17) is 9.98 Å². The normalized spacial score (nSPS) is 16.2. The highest BCUT2D eigenvalue weighted by Crippen LogP contribution is 2.22. The molecule has 31 heavy (non-hydrogen) atoms. The Kier molecular flexibility index (Phi) is 4.54. The van der Waals surface area contributed by atoms with Gasteiger partial charge in [-0.25, -0.2) is 9.78 Å². The molecule has 10 nitrogen and oxygen atoms in total. The molecule has 4 heterocycles. The minimum absolute atomic E-state index is 0.0650. The predicted molar refractivity (Wildman–Crippen MR) is 114 cm³/mol. The maximum Gasteiger partial charge on any atom is 0.326 e. The molecule has 5 rings (SSSR count). The Morgan fingerprint density at radius 2 is 2.16 bits per heavy atom. The van der Waals surface area contributed by atoms with Crippen LogP contribution >= 0.6 is 0 Å². The highest BCUT2D eigenvalue weighted by Gasteiger charge is 2.20. The lowest BCUT2D eigenvalue weighted by atomic mass is 10.2. The number of hydrogen-bond donors (Lipinski definition) is 4. The Balaban J connectivity index is 1.61. The second kappa shape index (κ2) is 7.38. The second-order valence-electron chi connectivity index (χ2n) is 7.81. The lowest BCUT2D eigenvalue weighted by molar-refractivity contribution is 0.454. The fraction of sp³-hybridized carbons (Fsp3) is 0.286. The highest BCUT2D eigenvalue weighted by molar-refractivity contribution is 5.58. The molecule has 0 radical (unpaired) electrons. The van der Waals surface area contributed by atoms with E-state index in [9.17, 15) is 9.90 Å². The molecule has 1 aliphatic rings. The van der Waals surface area contributed by atoms with E-state index in [0.717, 1.165) is 24.1 Å². The zero-order valence-electron chi connectivity index (χ0n) is 17.1. The number of rotatable bonds is 5. The molecule has 1 saturated carbocycles. The summed E-state index contributed by atoms with van der Waals surface area (Å²) in [5, 5.41) is 18.4. The third kappa shape index (κ3) is 3.91. The van der Waals surface area contributed by atoms with Gasteiger partial charge in [-0.2, -0.15) is 9.61 Å². The summed E-state index contributed by atoms with van der Waals surface area (Å²) in [5.41, 5.74) is 3.05. The van der Waals surface area contributed by atoms with Gasteiger partial charge in [0, 0.05) is 17.5 Å². The summed E-state index contributed by atoms with van der Waals surface area (Å²) in [7, 11) is 0. The zero-order valence-corrected chi connectivity index (χ0v) is 17.1. The number of anilines is 1. The number of imidazole rings is 1. The molecule has 4 aromatic heterocycles. The fourth-order valence-electron chi connectivity index (χ4n) is 3.30. The van der Waals surface area contributed by atoms with Gasteiger partial charge < -0.3 is 15.4 Å². The number of fused-ring (bicyclic) bond motifs is 1. The third-order valence-corrected chi connectivity index (χ3v) is 5.12. The average molecular weight is 418 g/mol. The molecule has 0 spiro atoms. The van der Waals surface area contributed by atoms with Crippen molar-refractivity contribution in [3.63, 3.8) is 0 Å². The van der Waals surface area contributed by atoms with E-state index in [1.807, 2.05) is 38.2 Å². The molecule has 0 amide bonds. The number of aromatic nitrogens is 6. The third-order valence-electron chi connectivity index (χ3n) is 5.12. The van der Waals surface area contributed by atoms with Crippen LogP contribution in [-0.4, -0.2) is 40.7 Å². The SMILES string of the molecule is Cc1ccc(C(C)Nc2cc(=NC3CC3)n3nc/c(=C\c4[nH]c(=O)[nH]c4O)c3n2)nc1. The molecule has 1 aliphatic carbocycles. The van der Waals surface area contributed by atoms with Crippen molar-refractivity contribution in [1.29, 1.82) is 0 Å². The van der Waals surface area contributed by atoms with Crippen molar-refractivity contribution < 1.29 is 5.11 Å². The summed E-state index contributed by atoms with van der Waals surface area (Å²) in [4.78, 5) is 30.3. The number of hydrogen-bond acceptors (Lipinski definition) is 7. The van der Waals surface area contributed by atoms with Crippen LogP contribution in [-0.2, 0) is 0 Å². The van der Waals surface area contributed by atoms with Crippen LogP contribution in [0, 0.1) is 6.92 Å². The fourth-order valence-corrected chi connectivity index (χ4v) is 3.30. The van der Waals surface area contributed by atoms with Crippen LogP contribution in [0.4, 0.5) is 5.82 Å². The minimum Gasteiger partial charge on any atom is -0.493 e. The van der Waals surface area contributed by atoms with Gasteiger partial charge in [0.15, 0.2) is 11.1 Å². The summed E-state index contributed by atoms with van der Waals surface area (Å²) in [5.74, 6) is 0.407. The van der Waals surface area contributed by atoms with Crippen LogP contribution < -0.4 is 21.7 Å². The molecule has 1 atom stereocenters. The zero-order chi connectivity index (χ0) is 21.5. The topological polar surface area (TPSA) is 136 Å². The number of aromatic hydroxyl groups is 1. The van der Waals surface area contributed by atoms with Gasteiger partial charge in [0.25, 0.3) is 0 Å².